The number of sulfonamides is 1. The van der Waals surface area contributed by atoms with Crippen LogP contribution in [0.3, 0.4) is 0 Å². The summed E-state index contributed by atoms with van der Waals surface area (Å²) < 4.78 is 30.9. The third-order valence-electron chi connectivity index (χ3n) is 2.81. The number of nitrogens with one attached hydrogen (secondary N) is 1. The van der Waals surface area contributed by atoms with Crippen LogP contribution in [0.5, 0.6) is 0 Å². The Morgan fingerprint density at radius 2 is 2.10 bits per heavy atom. The van der Waals surface area contributed by atoms with Crippen LogP contribution in [0, 0.1) is 0 Å². The van der Waals surface area contributed by atoms with Gasteiger partial charge in [0.1, 0.15) is 0 Å². The second-order valence-corrected chi connectivity index (χ2v) is 6.30. The number of ether oxygens (including phenoxy) is 1. The molecular weight excluding hydrogens is 278 g/mol. The molecule has 0 saturated carbocycles. The normalized spacial score (nSPS) is 12.0. The fraction of sp³-hybridized carbons (Fsp3) is 0.615. The van der Waals surface area contributed by atoms with Crippen LogP contribution >= 0.6 is 0 Å². The monoisotopic (exact) mass is 301 g/mol. The van der Waals surface area contributed by atoms with Crippen molar-refractivity contribution >= 4 is 10.0 Å². The van der Waals surface area contributed by atoms with Gasteiger partial charge < -0.3 is 10.1 Å². The highest BCUT2D eigenvalue weighted by molar-refractivity contribution is 7.89. The molecule has 0 bridgehead atoms. The third-order valence-corrected chi connectivity index (χ3v) is 4.58. The van der Waals surface area contributed by atoms with Crippen molar-refractivity contribution in [2.24, 2.45) is 0 Å². The Morgan fingerprint density at radius 1 is 1.35 bits per heavy atom. The Labute approximate surface area is 121 Å². The van der Waals surface area contributed by atoms with Crippen LogP contribution < -0.4 is 5.32 Å². The van der Waals surface area contributed by atoms with E-state index in [1.54, 1.807) is 18.3 Å². The third kappa shape index (κ3) is 4.82. The largest absolute Gasteiger partial charge is 0.380 e. The summed E-state index contributed by atoms with van der Waals surface area (Å²) in [7, 11) is -2.00. The molecule has 20 heavy (non-hydrogen) atoms. The summed E-state index contributed by atoms with van der Waals surface area (Å²) in [6.07, 6.45) is 1.59. The van der Waals surface area contributed by atoms with Gasteiger partial charge in [0.05, 0.1) is 6.61 Å². The molecule has 1 aromatic heterocycles. The maximum absolute atomic E-state index is 12.2. The summed E-state index contributed by atoms with van der Waals surface area (Å²) in [6.45, 7) is 6.70. The van der Waals surface area contributed by atoms with Crippen molar-refractivity contribution in [3.63, 3.8) is 0 Å². The van der Waals surface area contributed by atoms with Gasteiger partial charge in [0, 0.05) is 32.9 Å². The summed E-state index contributed by atoms with van der Waals surface area (Å²) in [5.41, 5.74) is 0.961. The Balaban J connectivity index is 2.71. The molecule has 0 aliphatic rings. The van der Waals surface area contributed by atoms with E-state index in [1.165, 1.54) is 11.4 Å². The minimum atomic E-state index is -3.53. The molecule has 6 nitrogen and oxygen atoms in total. The molecular formula is C13H23N3O3S. The van der Waals surface area contributed by atoms with Gasteiger partial charge in [-0.25, -0.2) is 13.4 Å². The Kier molecular flexibility index (Phi) is 7.08. The molecule has 0 aromatic carbocycles. The lowest BCUT2D eigenvalue weighted by atomic mass is 10.3. The molecule has 0 radical (unpaired) electrons. The SMILES string of the molecule is CCNCc1ccc(S(=O)(=O)N(C)CCOCC)nc1. The van der Waals surface area contributed by atoms with Gasteiger partial charge >= 0.3 is 0 Å². The molecule has 0 aliphatic carbocycles. The molecule has 1 N–H and O–H groups in total. The highest BCUT2D eigenvalue weighted by atomic mass is 32.2. The Morgan fingerprint density at radius 3 is 2.65 bits per heavy atom. The van der Waals surface area contributed by atoms with Gasteiger partial charge in [-0.2, -0.15) is 4.31 Å². The second kappa shape index (κ2) is 8.31. The van der Waals surface area contributed by atoms with E-state index in [2.05, 4.69) is 10.3 Å². The molecule has 0 fully saturated rings. The molecule has 7 heteroatoms. The van der Waals surface area contributed by atoms with Crippen LogP contribution in [-0.4, -0.2) is 51.1 Å². The number of likely N-dealkylation sites (N-methyl/N-ethyl adjacent to an activating group) is 1. The number of hydrogen-bond acceptors (Lipinski definition) is 5. The first kappa shape index (κ1) is 17.0. The molecule has 1 aromatic rings. The zero-order valence-electron chi connectivity index (χ0n) is 12.3. The van der Waals surface area contributed by atoms with E-state index in [0.717, 1.165) is 12.1 Å². The van der Waals surface area contributed by atoms with Gasteiger partial charge in [-0.1, -0.05) is 13.0 Å². The molecule has 0 amide bonds. The summed E-state index contributed by atoms with van der Waals surface area (Å²) in [5, 5.41) is 3.23. The molecule has 0 aliphatic heterocycles. The lowest BCUT2D eigenvalue weighted by Crippen LogP contribution is -2.31. The minimum absolute atomic E-state index is 0.0664. The van der Waals surface area contributed by atoms with Gasteiger partial charge in [0.2, 0.25) is 0 Å². The first-order valence-electron chi connectivity index (χ1n) is 6.72. The lowest BCUT2D eigenvalue weighted by Gasteiger charge is -2.16. The summed E-state index contributed by atoms with van der Waals surface area (Å²) in [5.74, 6) is 0. The second-order valence-electron chi connectivity index (χ2n) is 4.31. The first-order valence-corrected chi connectivity index (χ1v) is 8.16. The maximum atomic E-state index is 12.2. The summed E-state index contributed by atoms with van der Waals surface area (Å²) in [4.78, 5) is 4.04. The van der Waals surface area contributed by atoms with E-state index < -0.39 is 10.0 Å². The number of hydrogen-bond donors (Lipinski definition) is 1. The zero-order chi connectivity index (χ0) is 15.0. The molecule has 0 saturated heterocycles. The van der Waals surface area contributed by atoms with Gasteiger partial charge in [-0.15, -0.1) is 0 Å². The molecule has 0 atom stereocenters. The summed E-state index contributed by atoms with van der Waals surface area (Å²) >= 11 is 0. The van der Waals surface area contributed by atoms with Crippen molar-refractivity contribution in [1.82, 2.24) is 14.6 Å². The lowest BCUT2D eigenvalue weighted by molar-refractivity contribution is 0.138. The van der Waals surface area contributed by atoms with E-state index in [4.69, 9.17) is 4.74 Å². The fourth-order valence-electron chi connectivity index (χ4n) is 1.55. The Bertz CT molecular complexity index is 488. The van der Waals surface area contributed by atoms with Crippen LogP contribution in [0.4, 0.5) is 0 Å². The van der Waals surface area contributed by atoms with Crippen molar-refractivity contribution in [3.05, 3.63) is 23.9 Å². The predicted octanol–water partition coefficient (Wildman–Crippen LogP) is 0.848. The quantitative estimate of drug-likeness (QED) is 0.685. The van der Waals surface area contributed by atoms with Crippen molar-refractivity contribution in [2.45, 2.75) is 25.4 Å². The minimum Gasteiger partial charge on any atom is -0.380 e. The number of nitrogens with zero attached hydrogens (tertiary/aromatic N) is 2. The van der Waals surface area contributed by atoms with E-state index in [0.29, 0.717) is 26.3 Å². The topological polar surface area (TPSA) is 71.5 Å². The van der Waals surface area contributed by atoms with Crippen molar-refractivity contribution in [2.75, 3.05) is 33.4 Å². The van der Waals surface area contributed by atoms with Crippen molar-refractivity contribution < 1.29 is 13.2 Å². The van der Waals surface area contributed by atoms with E-state index >= 15 is 0 Å². The standard InChI is InChI=1S/C13H23N3O3S/c1-4-14-10-12-6-7-13(15-11-12)20(17,18)16(3)8-9-19-5-2/h6-7,11,14H,4-5,8-10H2,1-3H3. The van der Waals surface area contributed by atoms with Gasteiger partial charge in [0.25, 0.3) is 10.0 Å². The Hall–Kier alpha value is -1.02. The first-order chi connectivity index (χ1) is 9.52. The summed E-state index contributed by atoms with van der Waals surface area (Å²) in [6, 6.07) is 3.32. The van der Waals surface area contributed by atoms with E-state index in [9.17, 15) is 8.42 Å². The average molecular weight is 301 g/mol. The van der Waals surface area contributed by atoms with E-state index in [-0.39, 0.29) is 5.03 Å². The van der Waals surface area contributed by atoms with Gasteiger partial charge in [-0.3, -0.25) is 0 Å². The zero-order valence-corrected chi connectivity index (χ0v) is 13.1. The average Bonchev–Trinajstić information content (AvgIpc) is 2.45. The highest BCUT2D eigenvalue weighted by Gasteiger charge is 2.21. The molecule has 0 unspecified atom stereocenters. The maximum Gasteiger partial charge on any atom is 0.260 e. The predicted molar refractivity (Wildman–Crippen MR) is 77.9 cm³/mol. The molecule has 114 valence electrons. The highest BCUT2D eigenvalue weighted by Crippen LogP contribution is 2.11. The smallest absolute Gasteiger partial charge is 0.260 e. The molecule has 1 heterocycles. The van der Waals surface area contributed by atoms with Crippen LogP contribution in [-0.2, 0) is 21.3 Å². The van der Waals surface area contributed by atoms with Crippen LogP contribution in [0.25, 0.3) is 0 Å². The van der Waals surface area contributed by atoms with Gasteiger partial charge in [-0.05, 0) is 25.1 Å². The number of aromatic nitrogens is 1. The van der Waals surface area contributed by atoms with E-state index in [1.807, 2.05) is 13.8 Å². The molecule has 1 rings (SSSR count). The van der Waals surface area contributed by atoms with Gasteiger partial charge in [0.15, 0.2) is 5.03 Å². The fourth-order valence-corrected chi connectivity index (χ4v) is 2.61. The van der Waals surface area contributed by atoms with Crippen molar-refractivity contribution in [3.8, 4) is 0 Å². The molecule has 0 spiro atoms. The number of pyridine rings is 1. The van der Waals surface area contributed by atoms with Crippen molar-refractivity contribution in [1.29, 1.82) is 0 Å². The van der Waals surface area contributed by atoms with Crippen LogP contribution in [0.1, 0.15) is 19.4 Å². The number of rotatable bonds is 9. The van der Waals surface area contributed by atoms with Crippen LogP contribution in [0.15, 0.2) is 23.4 Å². The van der Waals surface area contributed by atoms with Crippen LogP contribution in [0.2, 0.25) is 0 Å².